The van der Waals surface area contributed by atoms with E-state index in [0.29, 0.717) is 5.69 Å². The van der Waals surface area contributed by atoms with Gasteiger partial charge in [0.15, 0.2) is 0 Å². The molecule has 1 aromatic carbocycles. The number of nitrogens with zero attached hydrogens (tertiary/aromatic N) is 1. The van der Waals surface area contributed by atoms with E-state index in [1.165, 1.54) is 69.8 Å². The van der Waals surface area contributed by atoms with Crippen LogP contribution in [0.4, 0.5) is 5.69 Å². The second-order valence-corrected chi connectivity index (χ2v) is 10.3. The third kappa shape index (κ3) is 6.82. The predicted octanol–water partition coefficient (Wildman–Crippen LogP) is 9.04. The Morgan fingerprint density at radius 1 is 0.867 bits per heavy atom. The topological polar surface area (TPSA) is 38.7 Å². The molecule has 1 aromatic rings. The molecule has 1 unspecified atom stereocenters. The highest BCUT2D eigenvalue weighted by molar-refractivity contribution is 5.65. The lowest BCUT2D eigenvalue weighted by atomic mass is 9.84. The number of benzene rings is 1. The molecule has 1 aliphatic rings. The molecule has 3 heteroatoms. The second-order valence-electron chi connectivity index (χ2n) is 10.3. The molecule has 0 saturated heterocycles. The lowest BCUT2D eigenvalue weighted by Gasteiger charge is -2.38. The second kappa shape index (κ2) is 11.9. The fraction of sp³-hybridized carbons (Fsp3) is 0.778. The van der Waals surface area contributed by atoms with E-state index < -0.39 is 0 Å². The van der Waals surface area contributed by atoms with Crippen molar-refractivity contribution in [1.82, 2.24) is 0 Å². The summed E-state index contributed by atoms with van der Waals surface area (Å²) in [7, 11) is 0. The molecule has 0 aliphatic carbocycles. The summed E-state index contributed by atoms with van der Waals surface area (Å²) in [5.74, 6) is 1.87. The number of ether oxygens (including phenoxy) is 1. The fourth-order valence-corrected chi connectivity index (χ4v) is 4.90. The number of rotatable bonds is 13. The Morgan fingerprint density at radius 2 is 1.43 bits per heavy atom. The SMILES string of the molecule is Cc1c(C)c2c(c(C)c1N=O)CCC(C)(CCCCCCCCCCCC(C)C)O2. The molecule has 0 bridgehead atoms. The van der Waals surface area contributed by atoms with Gasteiger partial charge < -0.3 is 4.74 Å². The van der Waals surface area contributed by atoms with Crippen molar-refractivity contribution >= 4 is 5.69 Å². The number of fused-ring (bicyclic) bond motifs is 1. The summed E-state index contributed by atoms with van der Waals surface area (Å²) < 4.78 is 6.57. The van der Waals surface area contributed by atoms with Crippen LogP contribution in [-0.4, -0.2) is 5.60 Å². The zero-order chi connectivity index (χ0) is 22.1. The summed E-state index contributed by atoms with van der Waals surface area (Å²) in [6, 6.07) is 0. The van der Waals surface area contributed by atoms with E-state index in [2.05, 4.69) is 32.9 Å². The van der Waals surface area contributed by atoms with E-state index in [4.69, 9.17) is 4.74 Å². The number of unbranched alkanes of at least 4 members (excludes halogenated alkanes) is 8. The van der Waals surface area contributed by atoms with E-state index in [0.717, 1.165) is 47.6 Å². The molecule has 3 nitrogen and oxygen atoms in total. The van der Waals surface area contributed by atoms with Gasteiger partial charge in [-0.25, -0.2) is 0 Å². The van der Waals surface area contributed by atoms with Crippen molar-refractivity contribution in [2.45, 2.75) is 131 Å². The standard InChI is InChI=1S/C27H45NO2/c1-20(2)16-14-12-10-8-7-9-11-13-15-18-27(6)19-17-24-23(5)25(28-29)21(3)22(4)26(24)30-27/h20H,7-19H2,1-6H3. The molecule has 1 aliphatic heterocycles. The van der Waals surface area contributed by atoms with Crippen LogP contribution in [0.25, 0.3) is 0 Å². The Balaban J connectivity index is 1.70. The molecule has 0 spiro atoms. The average molecular weight is 416 g/mol. The van der Waals surface area contributed by atoms with Gasteiger partial charge >= 0.3 is 0 Å². The lowest BCUT2D eigenvalue weighted by molar-refractivity contribution is 0.0524. The van der Waals surface area contributed by atoms with Crippen LogP contribution in [0.15, 0.2) is 5.18 Å². The van der Waals surface area contributed by atoms with Gasteiger partial charge in [-0.1, -0.05) is 71.6 Å². The Bertz CT molecular complexity index is 695. The van der Waals surface area contributed by atoms with Crippen LogP contribution in [0, 0.1) is 31.6 Å². The van der Waals surface area contributed by atoms with Crippen LogP contribution < -0.4 is 4.74 Å². The van der Waals surface area contributed by atoms with Gasteiger partial charge in [0, 0.05) is 0 Å². The van der Waals surface area contributed by atoms with Crippen molar-refractivity contribution in [3.8, 4) is 5.75 Å². The molecule has 0 amide bonds. The summed E-state index contributed by atoms with van der Waals surface area (Å²) in [5, 5.41) is 3.28. The highest BCUT2D eigenvalue weighted by atomic mass is 16.5. The van der Waals surface area contributed by atoms with Crippen molar-refractivity contribution in [3.63, 3.8) is 0 Å². The summed E-state index contributed by atoms with van der Waals surface area (Å²) in [4.78, 5) is 11.3. The van der Waals surface area contributed by atoms with E-state index in [1.807, 2.05) is 13.8 Å². The minimum absolute atomic E-state index is 0.0802. The largest absolute Gasteiger partial charge is 0.487 e. The van der Waals surface area contributed by atoms with Crippen molar-refractivity contribution in [1.29, 1.82) is 0 Å². The van der Waals surface area contributed by atoms with E-state index in [1.54, 1.807) is 0 Å². The molecule has 0 fully saturated rings. The van der Waals surface area contributed by atoms with Crippen LogP contribution in [0.1, 0.15) is 120 Å². The van der Waals surface area contributed by atoms with Crippen molar-refractivity contribution in [2.24, 2.45) is 11.1 Å². The zero-order valence-corrected chi connectivity index (χ0v) is 20.5. The molecule has 0 radical (unpaired) electrons. The quantitative estimate of drug-likeness (QED) is 0.238. The number of hydrogen-bond donors (Lipinski definition) is 0. The first kappa shape index (κ1) is 24.9. The zero-order valence-electron chi connectivity index (χ0n) is 20.5. The molecule has 0 N–H and O–H groups in total. The van der Waals surface area contributed by atoms with Crippen LogP contribution >= 0.6 is 0 Å². The molecule has 0 aromatic heterocycles. The molecule has 30 heavy (non-hydrogen) atoms. The van der Waals surface area contributed by atoms with E-state index in [9.17, 15) is 4.91 Å². The normalized spacial score (nSPS) is 18.4. The van der Waals surface area contributed by atoms with Gasteiger partial charge in [-0.15, -0.1) is 4.91 Å². The monoisotopic (exact) mass is 415 g/mol. The van der Waals surface area contributed by atoms with E-state index >= 15 is 0 Å². The van der Waals surface area contributed by atoms with Gasteiger partial charge in [0.1, 0.15) is 17.0 Å². The van der Waals surface area contributed by atoms with Crippen LogP contribution in [0.2, 0.25) is 0 Å². The van der Waals surface area contributed by atoms with Crippen molar-refractivity contribution < 1.29 is 4.74 Å². The Hall–Kier alpha value is -1.38. The van der Waals surface area contributed by atoms with Gasteiger partial charge in [0.05, 0.1) is 0 Å². The summed E-state index contributed by atoms with van der Waals surface area (Å²) in [5.41, 5.74) is 4.79. The highest BCUT2D eigenvalue weighted by Crippen LogP contribution is 2.44. The third-order valence-corrected chi connectivity index (χ3v) is 7.17. The summed E-state index contributed by atoms with van der Waals surface area (Å²) >= 11 is 0. The van der Waals surface area contributed by atoms with Crippen LogP contribution in [-0.2, 0) is 6.42 Å². The number of hydrogen-bond acceptors (Lipinski definition) is 3. The smallest absolute Gasteiger partial charge is 0.126 e. The van der Waals surface area contributed by atoms with Gasteiger partial charge in [-0.3, -0.25) is 0 Å². The average Bonchev–Trinajstić information content (AvgIpc) is 2.70. The van der Waals surface area contributed by atoms with Gasteiger partial charge in [0.2, 0.25) is 0 Å². The van der Waals surface area contributed by atoms with E-state index in [-0.39, 0.29) is 5.60 Å². The first-order chi connectivity index (χ1) is 14.3. The third-order valence-electron chi connectivity index (χ3n) is 7.17. The summed E-state index contributed by atoms with van der Waals surface area (Å²) in [6.07, 6.45) is 16.8. The molecule has 1 atom stereocenters. The molecule has 1 heterocycles. The molecular formula is C27H45NO2. The minimum Gasteiger partial charge on any atom is -0.487 e. The lowest BCUT2D eigenvalue weighted by Crippen LogP contribution is -2.37. The molecular weight excluding hydrogens is 370 g/mol. The Kier molecular flexibility index (Phi) is 9.84. The number of nitroso groups, excluding NO2 is 1. The highest BCUT2D eigenvalue weighted by Gasteiger charge is 2.34. The Labute approximate surface area is 185 Å². The Morgan fingerprint density at radius 3 is 2.00 bits per heavy atom. The van der Waals surface area contributed by atoms with Gasteiger partial charge in [-0.05, 0) is 86.7 Å². The van der Waals surface area contributed by atoms with Crippen LogP contribution in [0.5, 0.6) is 5.75 Å². The molecule has 170 valence electrons. The predicted molar refractivity (Wildman–Crippen MR) is 129 cm³/mol. The maximum Gasteiger partial charge on any atom is 0.126 e. The van der Waals surface area contributed by atoms with Crippen LogP contribution in [0.3, 0.4) is 0 Å². The fourth-order valence-electron chi connectivity index (χ4n) is 4.90. The maximum atomic E-state index is 11.3. The maximum absolute atomic E-state index is 11.3. The first-order valence-electron chi connectivity index (χ1n) is 12.4. The first-order valence-corrected chi connectivity index (χ1v) is 12.4. The molecule has 2 rings (SSSR count). The van der Waals surface area contributed by atoms with Gasteiger partial charge in [0.25, 0.3) is 0 Å². The minimum atomic E-state index is -0.0802. The van der Waals surface area contributed by atoms with Gasteiger partial charge in [-0.2, -0.15) is 0 Å². The van der Waals surface area contributed by atoms with Crippen molar-refractivity contribution in [3.05, 3.63) is 27.2 Å². The molecule has 0 saturated carbocycles. The van der Waals surface area contributed by atoms with Crippen molar-refractivity contribution in [2.75, 3.05) is 0 Å². The summed E-state index contributed by atoms with van der Waals surface area (Å²) in [6.45, 7) is 13.0.